The van der Waals surface area contributed by atoms with Gasteiger partial charge in [-0.05, 0) is 33.9 Å². The minimum absolute atomic E-state index is 0.593. The molecule has 2 rings (SSSR count). The van der Waals surface area contributed by atoms with Crippen LogP contribution in [0.15, 0.2) is 47.2 Å². The summed E-state index contributed by atoms with van der Waals surface area (Å²) < 4.78 is 0. The third-order valence-electron chi connectivity index (χ3n) is 2.73. The third kappa shape index (κ3) is 3.19. The van der Waals surface area contributed by atoms with Crippen LogP contribution in [-0.2, 0) is 6.54 Å². The van der Waals surface area contributed by atoms with Crippen LogP contribution in [-0.4, -0.2) is 6.54 Å². The molecule has 1 nitrogen and oxygen atoms in total. The first-order valence-electron chi connectivity index (χ1n) is 5.63. The van der Waals surface area contributed by atoms with E-state index in [1.807, 2.05) is 0 Å². The van der Waals surface area contributed by atoms with Gasteiger partial charge in [-0.3, -0.25) is 0 Å². The highest BCUT2D eigenvalue weighted by Gasteiger charge is 2.04. The van der Waals surface area contributed by atoms with Crippen LogP contribution in [0.25, 0.3) is 0 Å². The zero-order valence-corrected chi connectivity index (χ0v) is 10.3. The van der Waals surface area contributed by atoms with Crippen molar-refractivity contribution in [2.45, 2.75) is 19.4 Å². The lowest BCUT2D eigenvalue weighted by atomic mass is 10.1. The van der Waals surface area contributed by atoms with E-state index in [1.165, 1.54) is 11.1 Å². The van der Waals surface area contributed by atoms with E-state index in [4.69, 9.17) is 0 Å². The van der Waals surface area contributed by atoms with Crippen LogP contribution in [0.4, 0.5) is 0 Å². The highest BCUT2D eigenvalue weighted by atomic mass is 32.1. The monoisotopic (exact) mass is 231 g/mol. The number of benzene rings is 1. The molecular formula is C14H17NS. The summed E-state index contributed by atoms with van der Waals surface area (Å²) in [5.41, 5.74) is 2.78. The van der Waals surface area contributed by atoms with Gasteiger partial charge in [0.15, 0.2) is 0 Å². The van der Waals surface area contributed by atoms with Gasteiger partial charge < -0.3 is 5.32 Å². The Bertz CT molecular complexity index is 394. The van der Waals surface area contributed by atoms with Crippen molar-refractivity contribution in [3.05, 3.63) is 58.3 Å². The summed E-state index contributed by atoms with van der Waals surface area (Å²) in [6.45, 7) is 4.25. The summed E-state index contributed by atoms with van der Waals surface area (Å²) in [6, 6.07) is 12.7. The predicted octanol–water partition coefficient (Wildman–Crippen LogP) is 3.64. The Hall–Kier alpha value is -1.12. The van der Waals surface area contributed by atoms with Crippen LogP contribution in [0.2, 0.25) is 0 Å². The lowest BCUT2D eigenvalue weighted by Gasteiger charge is -2.11. The van der Waals surface area contributed by atoms with Crippen molar-refractivity contribution in [3.63, 3.8) is 0 Å². The van der Waals surface area contributed by atoms with Gasteiger partial charge in [0.05, 0.1) is 0 Å². The molecule has 1 unspecified atom stereocenters. The van der Waals surface area contributed by atoms with Crippen LogP contribution in [0.5, 0.6) is 0 Å². The maximum atomic E-state index is 3.49. The average Bonchev–Trinajstić information content (AvgIpc) is 2.84. The zero-order valence-electron chi connectivity index (χ0n) is 9.52. The molecule has 2 heteroatoms. The Labute approximate surface area is 101 Å². The molecule has 0 amide bonds. The molecule has 0 aliphatic heterocycles. The second-order valence-electron chi connectivity index (χ2n) is 4.07. The lowest BCUT2D eigenvalue weighted by molar-refractivity contribution is 0.616. The minimum Gasteiger partial charge on any atom is -0.312 e. The Balaban J connectivity index is 1.76. The van der Waals surface area contributed by atoms with E-state index in [0.717, 1.165) is 13.1 Å². The Morgan fingerprint density at radius 3 is 2.69 bits per heavy atom. The normalized spacial score (nSPS) is 12.6. The van der Waals surface area contributed by atoms with E-state index in [9.17, 15) is 0 Å². The van der Waals surface area contributed by atoms with Crippen molar-refractivity contribution in [2.75, 3.05) is 6.54 Å². The summed E-state index contributed by atoms with van der Waals surface area (Å²) in [5, 5.41) is 7.87. The Morgan fingerprint density at radius 1 is 1.19 bits per heavy atom. The fraction of sp³-hybridized carbons (Fsp3) is 0.286. The van der Waals surface area contributed by atoms with E-state index in [0.29, 0.717) is 5.92 Å². The molecule has 1 N–H and O–H groups in total. The smallest absolute Gasteiger partial charge is 0.0205 e. The number of thiophene rings is 1. The van der Waals surface area contributed by atoms with Gasteiger partial charge in [0, 0.05) is 13.1 Å². The van der Waals surface area contributed by atoms with Crippen LogP contribution in [0, 0.1) is 0 Å². The van der Waals surface area contributed by atoms with E-state index in [-0.39, 0.29) is 0 Å². The first-order chi connectivity index (χ1) is 7.86. The van der Waals surface area contributed by atoms with Crippen LogP contribution in [0.3, 0.4) is 0 Å². The number of nitrogens with one attached hydrogen (secondary N) is 1. The molecule has 0 radical (unpaired) electrons. The fourth-order valence-electron chi connectivity index (χ4n) is 1.70. The fourth-order valence-corrected chi connectivity index (χ4v) is 2.48. The topological polar surface area (TPSA) is 12.0 Å². The van der Waals surface area contributed by atoms with Gasteiger partial charge in [0.25, 0.3) is 0 Å². The van der Waals surface area contributed by atoms with Crippen LogP contribution >= 0.6 is 11.3 Å². The molecule has 16 heavy (non-hydrogen) atoms. The van der Waals surface area contributed by atoms with Crippen molar-refractivity contribution in [1.82, 2.24) is 5.32 Å². The van der Waals surface area contributed by atoms with Gasteiger partial charge in [-0.2, -0.15) is 11.3 Å². The van der Waals surface area contributed by atoms with E-state index >= 15 is 0 Å². The molecule has 2 aromatic rings. The van der Waals surface area contributed by atoms with Gasteiger partial charge in [-0.25, -0.2) is 0 Å². The molecule has 0 spiro atoms. The maximum absolute atomic E-state index is 3.49. The second-order valence-corrected chi connectivity index (χ2v) is 4.85. The summed E-state index contributed by atoms with van der Waals surface area (Å²) >= 11 is 1.77. The summed E-state index contributed by atoms with van der Waals surface area (Å²) in [4.78, 5) is 0. The molecule has 84 valence electrons. The molecule has 0 saturated carbocycles. The van der Waals surface area contributed by atoms with Crippen LogP contribution in [0.1, 0.15) is 24.0 Å². The SMILES string of the molecule is CC(CNCc1ccccc1)c1ccsc1. The lowest BCUT2D eigenvalue weighted by Crippen LogP contribution is -2.19. The van der Waals surface area contributed by atoms with Crippen LogP contribution < -0.4 is 5.32 Å². The average molecular weight is 231 g/mol. The van der Waals surface area contributed by atoms with Gasteiger partial charge in [-0.15, -0.1) is 0 Å². The quantitative estimate of drug-likeness (QED) is 0.828. The number of hydrogen-bond donors (Lipinski definition) is 1. The largest absolute Gasteiger partial charge is 0.312 e. The highest BCUT2D eigenvalue weighted by molar-refractivity contribution is 7.07. The summed E-state index contributed by atoms with van der Waals surface area (Å²) in [6.07, 6.45) is 0. The molecule has 1 atom stereocenters. The minimum atomic E-state index is 0.593. The van der Waals surface area contributed by atoms with Crippen molar-refractivity contribution >= 4 is 11.3 Å². The predicted molar refractivity (Wildman–Crippen MR) is 70.9 cm³/mol. The van der Waals surface area contributed by atoms with E-state index in [1.54, 1.807) is 11.3 Å². The van der Waals surface area contributed by atoms with Crippen molar-refractivity contribution in [2.24, 2.45) is 0 Å². The van der Waals surface area contributed by atoms with Crippen molar-refractivity contribution < 1.29 is 0 Å². The third-order valence-corrected chi connectivity index (χ3v) is 3.44. The molecule has 1 heterocycles. The molecule has 1 aromatic carbocycles. The van der Waals surface area contributed by atoms with Gasteiger partial charge in [0.1, 0.15) is 0 Å². The molecule has 0 aliphatic carbocycles. The van der Waals surface area contributed by atoms with Crippen molar-refractivity contribution in [1.29, 1.82) is 0 Å². The Kier molecular flexibility index (Phi) is 4.14. The summed E-state index contributed by atoms with van der Waals surface area (Å²) in [7, 11) is 0. The number of hydrogen-bond acceptors (Lipinski definition) is 2. The summed E-state index contributed by atoms with van der Waals surface area (Å²) in [5.74, 6) is 0.593. The molecular weight excluding hydrogens is 214 g/mol. The zero-order chi connectivity index (χ0) is 11.2. The highest BCUT2D eigenvalue weighted by Crippen LogP contribution is 2.17. The van der Waals surface area contributed by atoms with E-state index in [2.05, 4.69) is 59.4 Å². The number of rotatable bonds is 5. The van der Waals surface area contributed by atoms with Gasteiger partial charge in [-0.1, -0.05) is 37.3 Å². The molecule has 0 bridgehead atoms. The van der Waals surface area contributed by atoms with Gasteiger partial charge >= 0.3 is 0 Å². The van der Waals surface area contributed by atoms with Gasteiger partial charge in [0.2, 0.25) is 0 Å². The molecule has 0 fully saturated rings. The first-order valence-corrected chi connectivity index (χ1v) is 6.57. The molecule has 0 aliphatic rings. The first kappa shape index (κ1) is 11.4. The van der Waals surface area contributed by atoms with Crippen molar-refractivity contribution in [3.8, 4) is 0 Å². The Morgan fingerprint density at radius 2 is 2.00 bits per heavy atom. The molecule has 0 saturated heterocycles. The molecule has 1 aromatic heterocycles. The standard InChI is InChI=1S/C14H17NS/c1-12(14-7-8-16-11-14)9-15-10-13-5-3-2-4-6-13/h2-8,11-12,15H,9-10H2,1H3. The second kappa shape index (κ2) is 5.83. The maximum Gasteiger partial charge on any atom is 0.0205 e. The van der Waals surface area contributed by atoms with E-state index < -0.39 is 0 Å².